The molecule has 0 aromatic carbocycles. The van der Waals surface area contributed by atoms with E-state index in [1.54, 1.807) is 0 Å². The van der Waals surface area contributed by atoms with Crippen LogP contribution in [0.5, 0.6) is 0 Å². The molecule has 0 aliphatic carbocycles. The summed E-state index contributed by atoms with van der Waals surface area (Å²) in [7, 11) is 0. The number of hydrogen-bond donors (Lipinski definition) is 1. The number of likely N-dealkylation sites (tertiary alicyclic amines) is 1. The predicted octanol–water partition coefficient (Wildman–Crippen LogP) is 1.26. The molecule has 0 aromatic rings. The van der Waals surface area contributed by atoms with Gasteiger partial charge in [0.2, 0.25) is 5.91 Å². The third-order valence-corrected chi connectivity index (χ3v) is 4.14. The van der Waals surface area contributed by atoms with E-state index in [2.05, 4.69) is 17.1 Å². The van der Waals surface area contributed by atoms with Crippen LogP contribution in [-0.4, -0.2) is 50.2 Å². The summed E-state index contributed by atoms with van der Waals surface area (Å²) in [5.41, 5.74) is 0. The van der Waals surface area contributed by atoms with Crippen molar-refractivity contribution in [2.45, 2.75) is 32.6 Å². The van der Waals surface area contributed by atoms with Crippen LogP contribution in [0.2, 0.25) is 0 Å². The van der Waals surface area contributed by atoms with Crippen LogP contribution in [0.3, 0.4) is 0 Å². The van der Waals surface area contributed by atoms with Crippen LogP contribution in [0.1, 0.15) is 32.6 Å². The Morgan fingerprint density at radius 3 is 2.78 bits per heavy atom. The first-order valence-corrected chi connectivity index (χ1v) is 7.31. The Kier molecular flexibility index (Phi) is 5.45. The number of hydrogen-bond acceptors (Lipinski definition) is 3. The Morgan fingerprint density at radius 2 is 2.11 bits per heavy atom. The zero-order valence-corrected chi connectivity index (χ0v) is 11.5. The van der Waals surface area contributed by atoms with Gasteiger partial charge in [0, 0.05) is 19.8 Å². The van der Waals surface area contributed by atoms with Gasteiger partial charge in [0.25, 0.3) is 0 Å². The van der Waals surface area contributed by atoms with Crippen molar-refractivity contribution in [2.24, 2.45) is 11.8 Å². The number of carbonyl (C=O) groups is 1. The molecule has 0 radical (unpaired) electrons. The lowest BCUT2D eigenvalue weighted by Gasteiger charge is -2.29. The van der Waals surface area contributed by atoms with Crippen LogP contribution in [0.15, 0.2) is 0 Å². The Hall–Kier alpha value is -0.610. The van der Waals surface area contributed by atoms with Gasteiger partial charge in [0.05, 0.1) is 6.54 Å². The van der Waals surface area contributed by atoms with Crippen molar-refractivity contribution in [3.05, 3.63) is 0 Å². The molecule has 4 heteroatoms. The summed E-state index contributed by atoms with van der Waals surface area (Å²) < 4.78 is 5.33. The van der Waals surface area contributed by atoms with Gasteiger partial charge < -0.3 is 10.1 Å². The second-order valence-corrected chi connectivity index (χ2v) is 5.83. The number of carbonyl (C=O) groups excluding carboxylic acids is 1. The molecule has 2 aliphatic rings. The van der Waals surface area contributed by atoms with Gasteiger partial charge in [-0.05, 0) is 50.6 Å². The van der Waals surface area contributed by atoms with E-state index in [1.807, 2.05) is 0 Å². The zero-order valence-electron chi connectivity index (χ0n) is 11.5. The first kappa shape index (κ1) is 13.8. The maximum atomic E-state index is 11.8. The van der Waals surface area contributed by atoms with Gasteiger partial charge in [-0.25, -0.2) is 0 Å². The minimum absolute atomic E-state index is 0.184. The lowest BCUT2D eigenvalue weighted by molar-refractivity contribution is -0.122. The molecule has 0 bridgehead atoms. The normalized spacial score (nSPS) is 26.4. The van der Waals surface area contributed by atoms with Crippen LogP contribution in [0.4, 0.5) is 0 Å². The summed E-state index contributed by atoms with van der Waals surface area (Å²) in [5, 5.41) is 3.03. The van der Waals surface area contributed by atoms with Gasteiger partial charge in [-0.1, -0.05) is 6.92 Å². The molecular weight excluding hydrogens is 228 g/mol. The number of amides is 1. The highest BCUT2D eigenvalue weighted by atomic mass is 16.5. The first-order chi connectivity index (χ1) is 8.74. The fourth-order valence-corrected chi connectivity index (χ4v) is 2.71. The number of piperidine rings is 1. The summed E-state index contributed by atoms with van der Waals surface area (Å²) in [4.78, 5) is 14.1. The molecule has 0 saturated carbocycles. The summed E-state index contributed by atoms with van der Waals surface area (Å²) in [6.45, 7) is 7.59. The molecule has 1 amide bonds. The van der Waals surface area contributed by atoms with Crippen LogP contribution in [0.25, 0.3) is 0 Å². The van der Waals surface area contributed by atoms with Gasteiger partial charge in [0.1, 0.15) is 0 Å². The molecule has 2 aliphatic heterocycles. The Bertz CT molecular complexity index is 257. The van der Waals surface area contributed by atoms with Crippen molar-refractivity contribution in [3.8, 4) is 0 Å². The highest BCUT2D eigenvalue weighted by Crippen LogP contribution is 2.16. The van der Waals surface area contributed by atoms with Crippen LogP contribution >= 0.6 is 0 Å². The van der Waals surface area contributed by atoms with E-state index >= 15 is 0 Å². The molecule has 1 atom stereocenters. The van der Waals surface area contributed by atoms with Gasteiger partial charge in [-0.15, -0.1) is 0 Å². The number of nitrogens with one attached hydrogen (secondary N) is 1. The van der Waals surface area contributed by atoms with Crippen molar-refractivity contribution >= 4 is 5.91 Å². The van der Waals surface area contributed by atoms with Crippen molar-refractivity contribution in [3.63, 3.8) is 0 Å². The van der Waals surface area contributed by atoms with Crippen molar-refractivity contribution in [2.75, 3.05) is 39.4 Å². The highest BCUT2D eigenvalue weighted by molar-refractivity contribution is 5.77. The molecule has 0 aromatic heterocycles. The quantitative estimate of drug-likeness (QED) is 0.803. The van der Waals surface area contributed by atoms with E-state index in [0.717, 1.165) is 51.6 Å². The third kappa shape index (κ3) is 4.58. The molecule has 18 heavy (non-hydrogen) atoms. The Balaban J connectivity index is 1.54. The maximum absolute atomic E-state index is 11.8. The lowest BCUT2D eigenvalue weighted by Crippen LogP contribution is -2.41. The zero-order chi connectivity index (χ0) is 12.8. The smallest absolute Gasteiger partial charge is 0.234 e. The summed E-state index contributed by atoms with van der Waals surface area (Å²) in [6, 6.07) is 0. The predicted molar refractivity (Wildman–Crippen MR) is 71.4 cm³/mol. The van der Waals surface area contributed by atoms with E-state index < -0.39 is 0 Å². The summed E-state index contributed by atoms with van der Waals surface area (Å²) in [5.74, 6) is 1.66. The topological polar surface area (TPSA) is 41.6 Å². The van der Waals surface area contributed by atoms with E-state index in [4.69, 9.17) is 4.74 Å². The molecule has 2 heterocycles. The SMILES string of the molecule is CC1CCN(CC(=O)NCCC2CCOC2)CC1. The average Bonchev–Trinajstić information content (AvgIpc) is 2.85. The van der Waals surface area contributed by atoms with Gasteiger partial charge in [0.15, 0.2) is 0 Å². The maximum Gasteiger partial charge on any atom is 0.234 e. The fourth-order valence-electron chi connectivity index (χ4n) is 2.71. The monoisotopic (exact) mass is 254 g/mol. The van der Waals surface area contributed by atoms with Crippen molar-refractivity contribution < 1.29 is 9.53 Å². The van der Waals surface area contributed by atoms with E-state index in [0.29, 0.717) is 12.5 Å². The molecule has 0 spiro atoms. The largest absolute Gasteiger partial charge is 0.381 e. The van der Waals surface area contributed by atoms with E-state index in [-0.39, 0.29) is 5.91 Å². The molecule has 2 saturated heterocycles. The third-order valence-electron chi connectivity index (χ3n) is 4.14. The second-order valence-electron chi connectivity index (χ2n) is 5.83. The van der Waals surface area contributed by atoms with Crippen LogP contribution in [0, 0.1) is 11.8 Å². The lowest BCUT2D eigenvalue weighted by atomic mass is 9.99. The summed E-state index contributed by atoms with van der Waals surface area (Å²) in [6.07, 6.45) is 4.67. The standard InChI is InChI=1S/C14H26N2O2/c1-12-3-7-16(8-4-12)10-14(17)15-6-2-13-5-9-18-11-13/h12-13H,2-11H2,1H3,(H,15,17). The van der Waals surface area contributed by atoms with Gasteiger partial charge in [-0.3, -0.25) is 9.69 Å². The molecular formula is C14H26N2O2. The highest BCUT2D eigenvalue weighted by Gasteiger charge is 2.18. The molecule has 1 N–H and O–H groups in total. The second kappa shape index (κ2) is 7.10. The van der Waals surface area contributed by atoms with Crippen LogP contribution < -0.4 is 5.32 Å². The fraction of sp³-hybridized carbons (Fsp3) is 0.929. The molecule has 4 nitrogen and oxygen atoms in total. The molecule has 2 fully saturated rings. The Morgan fingerprint density at radius 1 is 1.33 bits per heavy atom. The van der Waals surface area contributed by atoms with Crippen molar-refractivity contribution in [1.82, 2.24) is 10.2 Å². The van der Waals surface area contributed by atoms with Gasteiger partial charge >= 0.3 is 0 Å². The molecule has 1 unspecified atom stereocenters. The minimum Gasteiger partial charge on any atom is -0.381 e. The average molecular weight is 254 g/mol. The number of nitrogens with zero attached hydrogens (tertiary/aromatic N) is 1. The Labute approximate surface area is 110 Å². The summed E-state index contributed by atoms with van der Waals surface area (Å²) >= 11 is 0. The first-order valence-electron chi connectivity index (χ1n) is 7.31. The van der Waals surface area contributed by atoms with Gasteiger partial charge in [-0.2, -0.15) is 0 Å². The number of rotatable bonds is 5. The molecule has 2 rings (SSSR count). The van der Waals surface area contributed by atoms with E-state index in [1.165, 1.54) is 12.8 Å². The van der Waals surface area contributed by atoms with E-state index in [9.17, 15) is 4.79 Å². The van der Waals surface area contributed by atoms with Crippen LogP contribution in [-0.2, 0) is 9.53 Å². The molecule has 104 valence electrons. The number of ether oxygens (including phenoxy) is 1. The minimum atomic E-state index is 0.184. The van der Waals surface area contributed by atoms with Crippen molar-refractivity contribution in [1.29, 1.82) is 0 Å².